The van der Waals surface area contributed by atoms with E-state index in [9.17, 15) is 9.67 Å². The quantitative estimate of drug-likeness (QED) is 0.695. The predicted octanol–water partition coefficient (Wildman–Crippen LogP) is 3.92. The standard InChI is InChI=1S/C19H26N3O5P/c1-13-8-21-18(10-20-13)22-9-17(14-5-6-15(23)16(7-14)25-4)28(24)26-11-19(2,3)12-27-28/h5-8,10,17,23H,9,11-12H2,1-4H3,(H,21,22). The summed E-state index contributed by atoms with van der Waals surface area (Å²) >= 11 is 0. The van der Waals surface area contributed by atoms with Crippen LogP contribution in [0.15, 0.2) is 30.6 Å². The van der Waals surface area contributed by atoms with Crippen LogP contribution in [0.25, 0.3) is 0 Å². The number of nitrogens with one attached hydrogen (secondary N) is 1. The minimum Gasteiger partial charge on any atom is -0.504 e. The molecule has 1 aromatic carbocycles. The number of rotatable bonds is 6. The zero-order chi connectivity index (χ0) is 20.4. The van der Waals surface area contributed by atoms with Crippen LogP contribution in [0.4, 0.5) is 5.82 Å². The summed E-state index contributed by atoms with van der Waals surface area (Å²) in [4.78, 5) is 8.48. The first-order valence-corrected chi connectivity index (χ1v) is 10.6. The lowest BCUT2D eigenvalue weighted by Crippen LogP contribution is -2.31. The van der Waals surface area contributed by atoms with Crippen LogP contribution in [-0.2, 0) is 13.6 Å². The fraction of sp³-hybridized carbons (Fsp3) is 0.474. The van der Waals surface area contributed by atoms with Crippen molar-refractivity contribution in [3.05, 3.63) is 41.9 Å². The Balaban J connectivity index is 1.89. The second-order valence-corrected chi connectivity index (χ2v) is 9.84. The van der Waals surface area contributed by atoms with Crippen molar-refractivity contribution in [2.75, 3.05) is 32.2 Å². The molecule has 2 aromatic rings. The third-order valence-corrected chi connectivity index (χ3v) is 6.72. The number of phenolic OH excluding ortho intramolecular Hbond substituents is 1. The fourth-order valence-electron chi connectivity index (χ4n) is 2.79. The van der Waals surface area contributed by atoms with Gasteiger partial charge in [-0.2, -0.15) is 0 Å². The summed E-state index contributed by atoms with van der Waals surface area (Å²) in [7, 11) is -2.00. The number of methoxy groups -OCH3 is 1. The van der Waals surface area contributed by atoms with Crippen molar-refractivity contribution in [2.24, 2.45) is 5.41 Å². The Morgan fingerprint density at radius 3 is 2.61 bits per heavy atom. The fourth-order valence-corrected chi connectivity index (χ4v) is 5.12. The Morgan fingerprint density at radius 2 is 2.00 bits per heavy atom. The summed E-state index contributed by atoms with van der Waals surface area (Å²) in [5.74, 6) is 0.860. The topological polar surface area (TPSA) is 103 Å². The average Bonchev–Trinajstić information content (AvgIpc) is 2.67. The highest BCUT2D eigenvalue weighted by Crippen LogP contribution is 2.64. The first-order chi connectivity index (χ1) is 13.2. The second kappa shape index (κ2) is 8.07. The number of nitrogens with zero attached hydrogens (tertiary/aromatic N) is 2. The minimum atomic E-state index is -3.47. The van der Waals surface area contributed by atoms with Gasteiger partial charge in [0, 0.05) is 12.0 Å². The van der Waals surface area contributed by atoms with E-state index in [1.165, 1.54) is 13.2 Å². The molecule has 8 nitrogen and oxygen atoms in total. The molecule has 1 saturated heterocycles. The number of aromatic hydroxyl groups is 1. The highest BCUT2D eigenvalue weighted by atomic mass is 31.2. The largest absolute Gasteiger partial charge is 0.504 e. The smallest absolute Gasteiger partial charge is 0.339 e. The lowest BCUT2D eigenvalue weighted by atomic mass is 9.97. The van der Waals surface area contributed by atoms with Gasteiger partial charge in [-0.1, -0.05) is 19.9 Å². The Labute approximate surface area is 164 Å². The molecular formula is C19H26N3O5P. The molecule has 1 unspecified atom stereocenters. The SMILES string of the molecule is COc1cc(C(CNc2cnc(C)cn2)P2(=O)OCC(C)(C)CO2)ccc1O. The van der Waals surface area contributed by atoms with Gasteiger partial charge in [0.25, 0.3) is 0 Å². The number of hydrogen-bond donors (Lipinski definition) is 2. The second-order valence-electron chi connectivity index (χ2n) is 7.62. The third-order valence-electron chi connectivity index (χ3n) is 4.50. The van der Waals surface area contributed by atoms with Crippen LogP contribution in [0.5, 0.6) is 11.5 Å². The van der Waals surface area contributed by atoms with E-state index in [0.29, 0.717) is 30.3 Å². The number of hydrogen-bond acceptors (Lipinski definition) is 8. The van der Waals surface area contributed by atoms with E-state index in [1.54, 1.807) is 24.5 Å². The van der Waals surface area contributed by atoms with Crippen molar-refractivity contribution < 1.29 is 23.5 Å². The Morgan fingerprint density at radius 1 is 1.29 bits per heavy atom. The van der Waals surface area contributed by atoms with Crippen molar-refractivity contribution in [3.8, 4) is 11.5 Å². The molecule has 1 aromatic heterocycles. The van der Waals surface area contributed by atoms with Crippen molar-refractivity contribution in [1.82, 2.24) is 9.97 Å². The van der Waals surface area contributed by atoms with Gasteiger partial charge in [-0.05, 0) is 24.6 Å². The lowest BCUT2D eigenvalue weighted by Gasteiger charge is -2.37. The van der Waals surface area contributed by atoms with Crippen LogP contribution < -0.4 is 10.1 Å². The predicted molar refractivity (Wildman–Crippen MR) is 106 cm³/mol. The third kappa shape index (κ3) is 4.63. The number of anilines is 1. The maximum Gasteiger partial charge on any atom is 0.339 e. The van der Waals surface area contributed by atoms with Gasteiger partial charge >= 0.3 is 7.60 Å². The minimum absolute atomic E-state index is 0.00672. The van der Waals surface area contributed by atoms with E-state index in [4.69, 9.17) is 13.8 Å². The van der Waals surface area contributed by atoms with E-state index in [2.05, 4.69) is 15.3 Å². The van der Waals surface area contributed by atoms with E-state index in [-0.39, 0.29) is 17.7 Å². The van der Waals surface area contributed by atoms with Crippen molar-refractivity contribution in [2.45, 2.75) is 26.4 Å². The Kier molecular flexibility index (Phi) is 5.93. The van der Waals surface area contributed by atoms with Crippen LogP contribution in [0.1, 0.15) is 30.8 Å². The molecule has 9 heteroatoms. The van der Waals surface area contributed by atoms with Crippen LogP contribution >= 0.6 is 7.60 Å². The zero-order valence-electron chi connectivity index (χ0n) is 16.5. The highest BCUT2D eigenvalue weighted by Gasteiger charge is 2.43. The number of aromatic nitrogens is 2. The highest BCUT2D eigenvalue weighted by molar-refractivity contribution is 7.54. The molecule has 0 amide bonds. The normalized spacial score (nSPS) is 19.0. The molecule has 1 aliphatic heterocycles. The van der Waals surface area contributed by atoms with Gasteiger partial charge in [-0.25, -0.2) is 4.98 Å². The molecule has 1 aliphatic rings. The van der Waals surface area contributed by atoms with Gasteiger partial charge < -0.3 is 24.2 Å². The van der Waals surface area contributed by atoms with Gasteiger partial charge in [0.15, 0.2) is 11.5 Å². The van der Waals surface area contributed by atoms with E-state index in [1.807, 2.05) is 20.8 Å². The van der Waals surface area contributed by atoms with Crippen molar-refractivity contribution >= 4 is 13.4 Å². The zero-order valence-corrected chi connectivity index (χ0v) is 17.4. The molecule has 0 radical (unpaired) electrons. The van der Waals surface area contributed by atoms with Crippen LogP contribution in [0.2, 0.25) is 0 Å². The number of ether oxygens (including phenoxy) is 1. The molecule has 1 atom stereocenters. The maximum absolute atomic E-state index is 13.6. The number of benzene rings is 1. The number of phenols is 1. The van der Waals surface area contributed by atoms with Crippen LogP contribution in [0, 0.1) is 12.3 Å². The van der Waals surface area contributed by atoms with Gasteiger partial charge in [-0.15, -0.1) is 0 Å². The molecule has 2 heterocycles. The Bertz CT molecular complexity index is 858. The molecule has 2 N–H and O–H groups in total. The molecule has 0 bridgehead atoms. The summed E-state index contributed by atoms with van der Waals surface area (Å²) in [5.41, 5.74) is 0.659. The van der Waals surface area contributed by atoms with Crippen LogP contribution in [0.3, 0.4) is 0 Å². The summed E-state index contributed by atoms with van der Waals surface area (Å²) < 4.78 is 30.3. The first kappa shape index (κ1) is 20.6. The van der Waals surface area contributed by atoms with Crippen molar-refractivity contribution in [3.63, 3.8) is 0 Å². The summed E-state index contributed by atoms with van der Waals surface area (Å²) in [6.45, 7) is 6.76. The van der Waals surface area contributed by atoms with E-state index >= 15 is 0 Å². The van der Waals surface area contributed by atoms with Gasteiger partial charge in [-0.3, -0.25) is 9.55 Å². The van der Waals surface area contributed by atoms with Gasteiger partial charge in [0.1, 0.15) is 11.5 Å². The summed E-state index contributed by atoms with van der Waals surface area (Å²) in [5, 5.41) is 13.1. The molecule has 0 saturated carbocycles. The van der Waals surface area contributed by atoms with E-state index < -0.39 is 13.3 Å². The van der Waals surface area contributed by atoms with Crippen molar-refractivity contribution in [1.29, 1.82) is 0 Å². The molecule has 152 valence electrons. The average molecular weight is 407 g/mol. The lowest BCUT2D eigenvalue weighted by molar-refractivity contribution is 0.0382. The Hall–Kier alpha value is -2.15. The number of aryl methyl sites for hydroxylation is 1. The van der Waals surface area contributed by atoms with Crippen LogP contribution in [-0.4, -0.2) is 41.9 Å². The molecule has 0 spiro atoms. The molecular weight excluding hydrogens is 381 g/mol. The maximum atomic E-state index is 13.6. The monoisotopic (exact) mass is 407 g/mol. The summed E-state index contributed by atoms with van der Waals surface area (Å²) in [6.07, 6.45) is 3.27. The van der Waals surface area contributed by atoms with Gasteiger partial charge in [0.05, 0.1) is 38.4 Å². The molecule has 28 heavy (non-hydrogen) atoms. The molecule has 0 aliphatic carbocycles. The van der Waals surface area contributed by atoms with E-state index in [0.717, 1.165) is 5.69 Å². The van der Waals surface area contributed by atoms with Gasteiger partial charge in [0.2, 0.25) is 0 Å². The summed E-state index contributed by atoms with van der Waals surface area (Å²) in [6, 6.07) is 4.85. The molecule has 3 rings (SSSR count). The molecule has 1 fully saturated rings. The first-order valence-electron chi connectivity index (χ1n) is 9.01.